The molecule has 2 aromatic rings. The van der Waals surface area contributed by atoms with Gasteiger partial charge in [-0.15, -0.1) is 0 Å². The van der Waals surface area contributed by atoms with Gasteiger partial charge in [-0.25, -0.2) is 8.42 Å². The van der Waals surface area contributed by atoms with E-state index >= 15 is 0 Å². The molecule has 0 spiro atoms. The molecule has 0 saturated heterocycles. The van der Waals surface area contributed by atoms with Gasteiger partial charge < -0.3 is 4.98 Å². The third kappa shape index (κ3) is 3.12. The van der Waals surface area contributed by atoms with Crippen LogP contribution in [-0.4, -0.2) is 18.4 Å². The lowest BCUT2D eigenvalue weighted by molar-refractivity contribution is 0.600. The third-order valence-corrected chi connectivity index (χ3v) is 3.95. The summed E-state index contributed by atoms with van der Waals surface area (Å²) in [5, 5.41) is -0.190. The average molecular weight is 300 g/mol. The van der Waals surface area contributed by atoms with Gasteiger partial charge in [0.15, 0.2) is 0 Å². The quantitative estimate of drug-likeness (QED) is 0.899. The van der Waals surface area contributed by atoms with Gasteiger partial charge >= 0.3 is 0 Å². The van der Waals surface area contributed by atoms with Crippen LogP contribution in [0.15, 0.2) is 40.3 Å². The maximum Gasteiger partial charge on any atom is 0.266 e. The maximum absolute atomic E-state index is 12.0. The van der Waals surface area contributed by atoms with Crippen molar-refractivity contribution in [3.63, 3.8) is 0 Å². The first-order chi connectivity index (χ1) is 8.88. The molecule has 2 N–H and O–H groups in total. The fourth-order valence-corrected chi connectivity index (χ4v) is 2.61. The van der Waals surface area contributed by atoms with E-state index in [9.17, 15) is 13.2 Å². The van der Waals surface area contributed by atoms with Crippen LogP contribution < -0.4 is 10.3 Å². The largest absolute Gasteiger partial charge is 0.326 e. The SMILES string of the molecule is Cc1ccc(NS(=O)(=O)c2c[nH]c(=O)c(Cl)c2)cn1. The predicted octanol–water partition coefficient (Wildman–Crippen LogP) is 1.53. The summed E-state index contributed by atoms with van der Waals surface area (Å²) in [6.07, 6.45) is 2.48. The summed E-state index contributed by atoms with van der Waals surface area (Å²) < 4.78 is 26.4. The second kappa shape index (κ2) is 5.02. The van der Waals surface area contributed by atoms with Crippen LogP contribution in [0.4, 0.5) is 5.69 Å². The van der Waals surface area contributed by atoms with Crippen LogP contribution in [0.1, 0.15) is 5.69 Å². The highest BCUT2D eigenvalue weighted by molar-refractivity contribution is 7.92. The van der Waals surface area contributed by atoms with Crippen molar-refractivity contribution in [1.29, 1.82) is 0 Å². The molecule has 0 bridgehead atoms. The number of aromatic nitrogens is 2. The summed E-state index contributed by atoms with van der Waals surface area (Å²) in [7, 11) is -3.81. The van der Waals surface area contributed by atoms with Gasteiger partial charge in [-0.2, -0.15) is 0 Å². The van der Waals surface area contributed by atoms with Gasteiger partial charge in [0.1, 0.15) is 9.92 Å². The number of hydrogen-bond donors (Lipinski definition) is 2. The van der Waals surface area contributed by atoms with Gasteiger partial charge in [-0.1, -0.05) is 11.6 Å². The number of halogens is 1. The minimum atomic E-state index is -3.81. The maximum atomic E-state index is 12.0. The van der Waals surface area contributed by atoms with Crippen LogP contribution in [-0.2, 0) is 10.0 Å². The first-order valence-corrected chi connectivity index (χ1v) is 7.08. The fraction of sp³-hybridized carbons (Fsp3) is 0.0909. The molecule has 0 aliphatic rings. The van der Waals surface area contributed by atoms with Gasteiger partial charge in [0.05, 0.1) is 11.9 Å². The Morgan fingerprint density at radius 1 is 1.37 bits per heavy atom. The Morgan fingerprint density at radius 2 is 2.11 bits per heavy atom. The normalized spacial score (nSPS) is 11.3. The van der Waals surface area contributed by atoms with Crippen molar-refractivity contribution in [2.75, 3.05) is 4.72 Å². The molecule has 8 heteroatoms. The topological polar surface area (TPSA) is 91.9 Å². The third-order valence-electron chi connectivity index (χ3n) is 2.31. The molecule has 0 fully saturated rings. The Kier molecular flexibility index (Phi) is 3.59. The summed E-state index contributed by atoms with van der Waals surface area (Å²) in [6.45, 7) is 1.79. The molecule has 100 valence electrons. The molecule has 2 rings (SSSR count). The van der Waals surface area contributed by atoms with Crippen LogP contribution in [0.3, 0.4) is 0 Å². The summed E-state index contributed by atoms with van der Waals surface area (Å²) >= 11 is 5.60. The molecule has 0 saturated carbocycles. The van der Waals surface area contributed by atoms with E-state index in [0.717, 1.165) is 18.0 Å². The lowest BCUT2D eigenvalue weighted by Gasteiger charge is -2.07. The van der Waals surface area contributed by atoms with E-state index in [-0.39, 0.29) is 9.92 Å². The highest BCUT2D eigenvalue weighted by atomic mass is 35.5. The van der Waals surface area contributed by atoms with Crippen LogP contribution >= 0.6 is 11.6 Å². The molecule has 0 aromatic carbocycles. The number of H-pyrrole nitrogens is 1. The Bertz CT molecular complexity index is 754. The molecule has 2 aromatic heterocycles. The molecule has 0 atom stereocenters. The second-order valence-electron chi connectivity index (χ2n) is 3.81. The zero-order valence-electron chi connectivity index (χ0n) is 9.84. The standard InChI is InChI=1S/C11H10ClN3O3S/c1-7-2-3-8(5-13-7)15-19(17,18)9-4-10(12)11(16)14-6-9/h2-6,15H,1H3,(H,14,16). The Hall–Kier alpha value is -1.86. The molecule has 19 heavy (non-hydrogen) atoms. The Balaban J connectivity index is 2.34. The number of aromatic amines is 1. The van der Waals surface area contributed by atoms with Crippen molar-refractivity contribution in [2.24, 2.45) is 0 Å². The highest BCUT2D eigenvalue weighted by Gasteiger charge is 2.15. The number of anilines is 1. The van der Waals surface area contributed by atoms with E-state index in [0.29, 0.717) is 5.69 Å². The fourth-order valence-electron chi connectivity index (χ4n) is 1.34. The van der Waals surface area contributed by atoms with E-state index in [4.69, 9.17) is 11.6 Å². The molecule has 0 radical (unpaired) electrons. The van der Waals surface area contributed by atoms with E-state index in [1.54, 1.807) is 19.1 Å². The molecule has 0 aliphatic heterocycles. The molecule has 0 amide bonds. The monoisotopic (exact) mass is 299 g/mol. The Labute approximate surface area is 114 Å². The van der Waals surface area contributed by atoms with Gasteiger partial charge in [0.2, 0.25) is 0 Å². The van der Waals surface area contributed by atoms with Gasteiger partial charge in [0, 0.05) is 11.9 Å². The zero-order valence-corrected chi connectivity index (χ0v) is 11.4. The lowest BCUT2D eigenvalue weighted by Crippen LogP contribution is -2.16. The van der Waals surface area contributed by atoms with Crippen molar-refractivity contribution in [3.8, 4) is 0 Å². The molecule has 0 aliphatic carbocycles. The van der Waals surface area contributed by atoms with E-state index < -0.39 is 15.6 Å². The second-order valence-corrected chi connectivity index (χ2v) is 5.90. The summed E-state index contributed by atoms with van der Waals surface area (Å²) in [5.74, 6) is 0. The summed E-state index contributed by atoms with van der Waals surface area (Å²) in [4.78, 5) is 17.2. The van der Waals surface area contributed by atoms with Crippen LogP contribution in [0, 0.1) is 6.92 Å². The number of nitrogens with zero attached hydrogens (tertiary/aromatic N) is 1. The highest BCUT2D eigenvalue weighted by Crippen LogP contribution is 2.15. The molecule has 0 unspecified atom stereocenters. The van der Waals surface area contributed by atoms with Gasteiger partial charge in [-0.3, -0.25) is 14.5 Å². The number of pyridine rings is 2. The van der Waals surface area contributed by atoms with Crippen molar-refractivity contribution in [2.45, 2.75) is 11.8 Å². The number of aryl methyl sites for hydroxylation is 1. The number of nitrogens with one attached hydrogen (secondary N) is 2. The van der Waals surface area contributed by atoms with Gasteiger partial charge in [-0.05, 0) is 25.1 Å². The predicted molar refractivity (Wildman–Crippen MR) is 71.9 cm³/mol. The Morgan fingerprint density at radius 3 is 2.68 bits per heavy atom. The van der Waals surface area contributed by atoms with Crippen molar-refractivity contribution >= 4 is 27.3 Å². The lowest BCUT2D eigenvalue weighted by atomic mass is 10.4. The van der Waals surface area contributed by atoms with E-state index in [2.05, 4.69) is 14.7 Å². The summed E-state index contributed by atoms with van der Waals surface area (Å²) in [5.41, 5.74) is 0.556. The van der Waals surface area contributed by atoms with E-state index in [1.165, 1.54) is 6.20 Å². The zero-order chi connectivity index (χ0) is 14.0. The minimum absolute atomic E-state index is 0.127. The van der Waals surface area contributed by atoms with Crippen molar-refractivity contribution < 1.29 is 8.42 Å². The molecule has 6 nitrogen and oxygen atoms in total. The molecular weight excluding hydrogens is 290 g/mol. The van der Waals surface area contributed by atoms with E-state index in [1.807, 2.05) is 0 Å². The van der Waals surface area contributed by atoms with Crippen LogP contribution in [0.2, 0.25) is 5.02 Å². The first kappa shape index (κ1) is 13.6. The van der Waals surface area contributed by atoms with Crippen LogP contribution in [0.5, 0.6) is 0 Å². The minimum Gasteiger partial charge on any atom is -0.326 e. The smallest absolute Gasteiger partial charge is 0.266 e. The molecule has 2 heterocycles. The van der Waals surface area contributed by atoms with Crippen molar-refractivity contribution in [3.05, 3.63) is 51.7 Å². The van der Waals surface area contributed by atoms with Crippen molar-refractivity contribution in [1.82, 2.24) is 9.97 Å². The van der Waals surface area contributed by atoms with Crippen LogP contribution in [0.25, 0.3) is 0 Å². The molecular formula is C11H10ClN3O3S. The summed E-state index contributed by atoms with van der Waals surface area (Å²) in [6, 6.07) is 4.36. The average Bonchev–Trinajstić information content (AvgIpc) is 2.35. The van der Waals surface area contributed by atoms with Gasteiger partial charge in [0.25, 0.3) is 15.6 Å². The first-order valence-electron chi connectivity index (χ1n) is 5.22. The number of rotatable bonds is 3. The number of hydrogen-bond acceptors (Lipinski definition) is 4. The number of sulfonamides is 1.